The number of rotatable bonds is 3. The second-order valence-electron chi connectivity index (χ2n) is 9.49. The summed E-state index contributed by atoms with van der Waals surface area (Å²) in [6.07, 6.45) is 14.3. The van der Waals surface area contributed by atoms with Crippen molar-refractivity contribution in [2.45, 2.75) is 45.1 Å². The average molecular weight is 677 g/mol. The van der Waals surface area contributed by atoms with Gasteiger partial charge in [0.15, 0.2) is 11.7 Å². The first-order chi connectivity index (χ1) is 18.3. The Morgan fingerprint density at radius 3 is 2.58 bits per heavy atom. The molecule has 3 aromatic heterocycles. The van der Waals surface area contributed by atoms with Crippen molar-refractivity contribution < 1.29 is 33.7 Å². The van der Waals surface area contributed by atoms with Crippen LogP contribution in [0, 0.1) is 19.1 Å². The molecule has 1 radical (unpaired) electrons. The summed E-state index contributed by atoms with van der Waals surface area (Å²) in [6, 6.07) is 30.4. The first kappa shape index (κ1) is 25.9. The Kier molecular flexibility index (Phi) is 8.05. The Bertz CT molecular complexity index is 1640. The van der Waals surface area contributed by atoms with Crippen LogP contribution < -0.4 is 0 Å². The first-order valence-electron chi connectivity index (χ1n) is 12.9. The Morgan fingerprint density at radius 2 is 1.79 bits per heavy atom. The standard InChI is InChI=1S/C20H18N3O.C12H10N.Ir/c1-2-6-15(7-3-1)22-12-13-23(14-22)18-10-4-8-16-17-9-5-11-21-20(17)24-19(16)18;1-10-7-8-12(13-9-10)11-5-3-2-4-6-11;/h4-5,8-9,11-13,15H,1-3,6-7H2;2-5,7-9H,1H3;/q+1;-1;. The number of furan rings is 1. The van der Waals surface area contributed by atoms with Gasteiger partial charge in [0.2, 0.25) is 11.9 Å². The van der Waals surface area contributed by atoms with Gasteiger partial charge in [-0.05, 0) is 43.2 Å². The predicted octanol–water partition coefficient (Wildman–Crippen LogP) is 7.28. The summed E-state index contributed by atoms with van der Waals surface area (Å²) in [5.41, 5.74) is 5.57. The summed E-state index contributed by atoms with van der Waals surface area (Å²) in [7, 11) is 0. The molecule has 1 saturated carbocycles. The van der Waals surface area contributed by atoms with Gasteiger partial charge < -0.3 is 9.40 Å². The van der Waals surface area contributed by atoms with Crippen molar-refractivity contribution in [3.63, 3.8) is 0 Å². The largest absolute Gasteiger partial charge is 0.495 e. The van der Waals surface area contributed by atoms with Crippen LogP contribution in [0.2, 0.25) is 0 Å². The van der Waals surface area contributed by atoms with E-state index in [1.54, 1.807) is 6.20 Å². The summed E-state index contributed by atoms with van der Waals surface area (Å²) >= 11 is 0. The van der Waals surface area contributed by atoms with Crippen molar-refractivity contribution in [3.05, 3.63) is 103 Å². The quantitative estimate of drug-likeness (QED) is 0.149. The Balaban J connectivity index is 0.000000179. The molecule has 1 fully saturated rings. The summed E-state index contributed by atoms with van der Waals surface area (Å²) < 4.78 is 10.2. The molecule has 7 rings (SSSR count). The SMILES string of the molecule is C1=[N+](c2[c-]ccc3c2oc2ncccc23)C=C[N+]=1C1CCCCC1.Cc1ccc(-c2[c-]cccc2)nc1.[Ir]. The Labute approximate surface area is 236 Å². The van der Waals surface area contributed by atoms with Crippen molar-refractivity contribution in [1.29, 1.82) is 0 Å². The second kappa shape index (κ2) is 11.8. The molecule has 5 nitrogen and oxygen atoms in total. The van der Waals surface area contributed by atoms with E-state index in [2.05, 4.69) is 45.0 Å². The topological polar surface area (TPSA) is 44.9 Å². The van der Waals surface area contributed by atoms with Crippen molar-refractivity contribution in [2.24, 2.45) is 0 Å². The molecule has 0 saturated heterocycles. The van der Waals surface area contributed by atoms with E-state index in [9.17, 15) is 0 Å². The number of fused-ring (bicyclic) bond motifs is 3. The van der Waals surface area contributed by atoms with Crippen molar-refractivity contribution in [3.8, 4) is 11.3 Å². The molecule has 2 aromatic carbocycles. The summed E-state index contributed by atoms with van der Waals surface area (Å²) in [6.45, 7) is 2.03. The van der Waals surface area contributed by atoms with Crippen LogP contribution in [0.1, 0.15) is 37.7 Å². The fourth-order valence-electron chi connectivity index (χ4n) is 4.94. The zero-order valence-corrected chi connectivity index (χ0v) is 23.6. The van der Waals surface area contributed by atoms with Crippen molar-refractivity contribution in [1.82, 2.24) is 9.97 Å². The van der Waals surface area contributed by atoms with Gasteiger partial charge in [-0.15, -0.1) is 42.0 Å². The van der Waals surface area contributed by atoms with Gasteiger partial charge in [-0.25, -0.2) is 4.98 Å². The van der Waals surface area contributed by atoms with Crippen LogP contribution in [0.4, 0.5) is 5.69 Å². The van der Waals surface area contributed by atoms with E-state index in [0.717, 1.165) is 33.3 Å². The average Bonchev–Trinajstić information content (AvgIpc) is 3.60. The monoisotopic (exact) mass is 677 g/mol. The smallest absolute Gasteiger partial charge is 0.493 e. The van der Waals surface area contributed by atoms with Gasteiger partial charge in [0.05, 0.1) is 5.58 Å². The number of nitrogens with zero attached hydrogens (tertiary/aromatic N) is 4. The van der Waals surface area contributed by atoms with Crippen LogP contribution in [0.25, 0.3) is 33.3 Å². The maximum Gasteiger partial charge on any atom is 0.493 e. The third kappa shape index (κ3) is 5.44. The first-order valence-corrected chi connectivity index (χ1v) is 12.9. The van der Waals surface area contributed by atoms with E-state index in [1.807, 2.05) is 78.5 Å². The molecule has 1 aliphatic heterocycles. The molecular weight excluding hydrogens is 649 g/mol. The maximum atomic E-state index is 6.00. The van der Waals surface area contributed by atoms with E-state index in [1.165, 1.54) is 37.7 Å². The molecule has 6 heteroatoms. The molecule has 0 bridgehead atoms. The van der Waals surface area contributed by atoms with E-state index in [0.29, 0.717) is 11.8 Å². The molecule has 2 aliphatic rings. The molecule has 5 aromatic rings. The molecule has 4 heterocycles. The van der Waals surface area contributed by atoms with Gasteiger partial charge in [0.1, 0.15) is 0 Å². The zero-order valence-electron chi connectivity index (χ0n) is 21.2. The summed E-state index contributed by atoms with van der Waals surface area (Å²) in [5.74, 6) is 0. The van der Waals surface area contributed by atoms with Gasteiger partial charge in [0, 0.05) is 50.7 Å². The second-order valence-corrected chi connectivity index (χ2v) is 9.49. The molecule has 0 amide bonds. The maximum absolute atomic E-state index is 6.00. The van der Waals surface area contributed by atoms with Crippen molar-refractivity contribution in [2.75, 3.05) is 0 Å². The molecule has 0 unspecified atom stereocenters. The third-order valence-electron chi connectivity index (χ3n) is 6.89. The molecular formula is C32H28IrN4O. The van der Waals surface area contributed by atoms with Crippen LogP contribution in [0.3, 0.4) is 0 Å². The van der Waals surface area contributed by atoms with Crippen LogP contribution in [0.15, 0.2) is 89.9 Å². The molecule has 0 atom stereocenters. The number of benzene rings is 2. The fourth-order valence-corrected chi connectivity index (χ4v) is 4.94. The zero-order chi connectivity index (χ0) is 25.0. The van der Waals surface area contributed by atoms with Crippen LogP contribution in [-0.4, -0.2) is 31.2 Å². The molecule has 38 heavy (non-hydrogen) atoms. The van der Waals surface area contributed by atoms with Gasteiger partial charge in [-0.2, -0.15) is 12.1 Å². The minimum Gasteiger partial charge on any atom is -0.495 e. The summed E-state index contributed by atoms with van der Waals surface area (Å²) in [4.78, 5) is 8.64. The number of pyridine rings is 2. The van der Waals surface area contributed by atoms with Gasteiger partial charge in [0.25, 0.3) is 6.20 Å². The van der Waals surface area contributed by atoms with E-state index in [4.69, 9.17) is 4.42 Å². The van der Waals surface area contributed by atoms with Crippen LogP contribution >= 0.6 is 0 Å². The van der Waals surface area contributed by atoms with Gasteiger partial charge in [-0.1, -0.05) is 33.1 Å². The van der Waals surface area contributed by atoms with Crippen LogP contribution in [0.5, 0.6) is 0 Å². The van der Waals surface area contributed by atoms with E-state index < -0.39 is 0 Å². The molecule has 0 spiro atoms. The van der Waals surface area contributed by atoms with E-state index >= 15 is 0 Å². The third-order valence-corrected chi connectivity index (χ3v) is 6.89. The van der Waals surface area contributed by atoms with Gasteiger partial charge >= 0.3 is 6.01 Å². The molecule has 0 N–H and O–H groups in total. The number of hydrogen-bond donors (Lipinski definition) is 0. The number of aromatic nitrogens is 2. The molecule has 191 valence electrons. The molecule has 1 aliphatic carbocycles. The normalized spacial score (nSPS) is 15.0. The summed E-state index contributed by atoms with van der Waals surface area (Å²) in [5, 5.41) is 2.10. The Hall–Kier alpha value is -3.69. The predicted molar refractivity (Wildman–Crippen MR) is 145 cm³/mol. The fraction of sp³-hybridized carbons (Fsp3) is 0.219. The van der Waals surface area contributed by atoms with Crippen molar-refractivity contribution >= 4 is 33.8 Å². The van der Waals surface area contributed by atoms with E-state index in [-0.39, 0.29) is 20.1 Å². The van der Waals surface area contributed by atoms with Crippen LogP contribution in [-0.2, 0) is 20.1 Å². The minimum atomic E-state index is 0. The number of aryl methyl sites for hydroxylation is 1. The minimum absolute atomic E-state index is 0. The van der Waals surface area contributed by atoms with Gasteiger partial charge in [-0.3, -0.25) is 0 Å². The number of hydrogen-bond acceptors (Lipinski definition) is 3. The Morgan fingerprint density at radius 1 is 0.895 bits per heavy atom.